The number of hydrogen-bond donors (Lipinski definition) is 1. The van der Waals surface area contributed by atoms with E-state index < -0.39 is 0 Å². The molecule has 2 rings (SSSR count). The lowest BCUT2D eigenvalue weighted by Crippen LogP contribution is -2.29. The van der Waals surface area contributed by atoms with Crippen LogP contribution in [-0.4, -0.2) is 24.1 Å². The Bertz CT molecular complexity index is 291. The summed E-state index contributed by atoms with van der Waals surface area (Å²) in [6.45, 7) is 0. The van der Waals surface area contributed by atoms with Crippen LogP contribution < -0.4 is 5.32 Å². The standard InChI is InChI=1S/C14H23NS2/c1-15-13(7-6-12-8-9-16-10-12)11-17-14-4-2-3-5-14/h8-10,13-15H,2-7,11H2,1H3. The van der Waals surface area contributed by atoms with Crippen LogP contribution in [0.15, 0.2) is 16.8 Å². The maximum absolute atomic E-state index is 3.47. The monoisotopic (exact) mass is 269 g/mol. The summed E-state index contributed by atoms with van der Waals surface area (Å²) in [5, 5.41) is 8.87. The van der Waals surface area contributed by atoms with Gasteiger partial charge in [0.15, 0.2) is 0 Å². The number of thioether (sulfide) groups is 1. The zero-order chi connectivity index (χ0) is 11.9. The highest BCUT2D eigenvalue weighted by Gasteiger charge is 2.17. The average Bonchev–Trinajstić information content (AvgIpc) is 3.02. The van der Waals surface area contributed by atoms with Crippen LogP contribution in [0.3, 0.4) is 0 Å². The third kappa shape index (κ3) is 4.65. The van der Waals surface area contributed by atoms with Gasteiger partial charge < -0.3 is 5.32 Å². The zero-order valence-electron chi connectivity index (χ0n) is 10.7. The molecule has 1 aromatic rings. The maximum Gasteiger partial charge on any atom is 0.0158 e. The summed E-state index contributed by atoms with van der Waals surface area (Å²) in [5.41, 5.74) is 1.50. The van der Waals surface area contributed by atoms with Crippen LogP contribution in [0.25, 0.3) is 0 Å². The molecular weight excluding hydrogens is 246 g/mol. The maximum atomic E-state index is 3.47. The molecule has 1 saturated carbocycles. The second-order valence-corrected chi connectivity index (χ2v) is 7.01. The predicted molar refractivity (Wildman–Crippen MR) is 80.2 cm³/mol. The van der Waals surface area contributed by atoms with Crippen molar-refractivity contribution in [3.8, 4) is 0 Å². The van der Waals surface area contributed by atoms with Crippen LogP contribution in [0.1, 0.15) is 37.7 Å². The summed E-state index contributed by atoms with van der Waals surface area (Å²) < 4.78 is 0. The van der Waals surface area contributed by atoms with Crippen molar-refractivity contribution >= 4 is 23.1 Å². The molecule has 0 amide bonds. The van der Waals surface area contributed by atoms with Gasteiger partial charge in [-0.05, 0) is 55.1 Å². The molecule has 0 spiro atoms. The number of hydrogen-bond acceptors (Lipinski definition) is 3. The second kappa shape index (κ2) is 7.45. The van der Waals surface area contributed by atoms with Gasteiger partial charge in [-0.1, -0.05) is 12.8 Å². The van der Waals surface area contributed by atoms with E-state index in [9.17, 15) is 0 Å². The lowest BCUT2D eigenvalue weighted by atomic mass is 10.1. The summed E-state index contributed by atoms with van der Waals surface area (Å²) in [6, 6.07) is 2.93. The molecular formula is C14H23NS2. The molecule has 1 aliphatic rings. The van der Waals surface area contributed by atoms with Gasteiger partial charge in [0.05, 0.1) is 0 Å². The van der Waals surface area contributed by atoms with Crippen molar-refractivity contribution in [3.63, 3.8) is 0 Å². The van der Waals surface area contributed by atoms with Crippen molar-refractivity contribution in [3.05, 3.63) is 22.4 Å². The molecule has 1 N–H and O–H groups in total. The smallest absolute Gasteiger partial charge is 0.0158 e. The van der Waals surface area contributed by atoms with Crippen molar-refractivity contribution < 1.29 is 0 Å². The highest BCUT2D eigenvalue weighted by atomic mass is 32.2. The molecule has 1 aliphatic carbocycles. The predicted octanol–water partition coefficient (Wildman–Crippen LogP) is 3.94. The Balaban J connectivity index is 1.65. The Kier molecular flexibility index (Phi) is 5.89. The highest BCUT2D eigenvalue weighted by molar-refractivity contribution is 7.99. The summed E-state index contributed by atoms with van der Waals surface area (Å²) in [5.74, 6) is 1.28. The molecule has 1 unspecified atom stereocenters. The SMILES string of the molecule is CNC(CCc1ccsc1)CSC1CCCC1. The number of rotatable bonds is 7. The molecule has 0 aliphatic heterocycles. The van der Waals surface area contributed by atoms with Crippen molar-refractivity contribution in [2.45, 2.75) is 49.8 Å². The third-order valence-corrected chi connectivity index (χ3v) is 5.87. The molecule has 0 radical (unpaired) electrons. The van der Waals surface area contributed by atoms with Gasteiger partial charge in [-0.3, -0.25) is 0 Å². The molecule has 1 aromatic heterocycles. The fourth-order valence-electron chi connectivity index (χ4n) is 2.39. The average molecular weight is 269 g/mol. The minimum Gasteiger partial charge on any atom is -0.316 e. The van der Waals surface area contributed by atoms with E-state index in [4.69, 9.17) is 0 Å². The van der Waals surface area contributed by atoms with Gasteiger partial charge in [-0.25, -0.2) is 0 Å². The second-order valence-electron chi connectivity index (χ2n) is 4.90. The minimum absolute atomic E-state index is 0.681. The van der Waals surface area contributed by atoms with Crippen molar-refractivity contribution in [1.82, 2.24) is 5.32 Å². The van der Waals surface area contributed by atoms with Crippen LogP contribution in [-0.2, 0) is 6.42 Å². The van der Waals surface area contributed by atoms with Crippen LogP contribution in [0, 0.1) is 0 Å². The largest absolute Gasteiger partial charge is 0.316 e. The van der Waals surface area contributed by atoms with Crippen molar-refractivity contribution in [2.75, 3.05) is 12.8 Å². The van der Waals surface area contributed by atoms with Gasteiger partial charge in [0.2, 0.25) is 0 Å². The lowest BCUT2D eigenvalue weighted by Gasteiger charge is -2.17. The number of thiophene rings is 1. The Morgan fingerprint density at radius 3 is 2.94 bits per heavy atom. The molecule has 0 saturated heterocycles. The first-order chi connectivity index (χ1) is 8.38. The molecule has 1 fully saturated rings. The van der Waals surface area contributed by atoms with Crippen LogP contribution in [0.4, 0.5) is 0 Å². The summed E-state index contributed by atoms with van der Waals surface area (Å²) >= 11 is 4.00. The summed E-state index contributed by atoms with van der Waals surface area (Å²) in [7, 11) is 2.10. The van der Waals surface area contributed by atoms with E-state index in [0.29, 0.717) is 6.04 Å². The van der Waals surface area contributed by atoms with Gasteiger partial charge in [-0.15, -0.1) is 0 Å². The number of aryl methyl sites for hydroxylation is 1. The summed E-state index contributed by atoms with van der Waals surface area (Å²) in [6.07, 6.45) is 8.30. The lowest BCUT2D eigenvalue weighted by molar-refractivity contribution is 0.572. The molecule has 0 aromatic carbocycles. The van der Waals surface area contributed by atoms with Gasteiger partial charge >= 0.3 is 0 Å². The molecule has 1 heterocycles. The molecule has 1 nitrogen and oxygen atoms in total. The molecule has 96 valence electrons. The van der Waals surface area contributed by atoms with E-state index in [0.717, 1.165) is 5.25 Å². The highest BCUT2D eigenvalue weighted by Crippen LogP contribution is 2.30. The minimum atomic E-state index is 0.681. The molecule has 17 heavy (non-hydrogen) atoms. The first-order valence-corrected chi connectivity index (χ1v) is 8.67. The van der Waals surface area contributed by atoms with E-state index in [1.807, 2.05) is 0 Å². The van der Waals surface area contributed by atoms with Gasteiger partial charge in [-0.2, -0.15) is 23.1 Å². The number of nitrogens with one attached hydrogen (secondary N) is 1. The fourth-order valence-corrected chi connectivity index (χ4v) is 4.60. The summed E-state index contributed by atoms with van der Waals surface area (Å²) in [4.78, 5) is 0. The fraction of sp³-hybridized carbons (Fsp3) is 0.714. The topological polar surface area (TPSA) is 12.0 Å². The van der Waals surface area contributed by atoms with E-state index in [2.05, 4.69) is 41.0 Å². The van der Waals surface area contributed by atoms with E-state index in [1.165, 1.54) is 49.8 Å². The first-order valence-electron chi connectivity index (χ1n) is 6.68. The molecule has 1 atom stereocenters. The van der Waals surface area contributed by atoms with Crippen LogP contribution in [0.2, 0.25) is 0 Å². The first kappa shape index (κ1) is 13.4. The third-order valence-electron chi connectivity index (χ3n) is 3.61. The van der Waals surface area contributed by atoms with Crippen molar-refractivity contribution in [1.29, 1.82) is 0 Å². The van der Waals surface area contributed by atoms with Gasteiger partial charge in [0.1, 0.15) is 0 Å². The quantitative estimate of drug-likeness (QED) is 0.804. The molecule has 3 heteroatoms. The van der Waals surface area contributed by atoms with Gasteiger partial charge in [0.25, 0.3) is 0 Å². The van der Waals surface area contributed by atoms with Crippen molar-refractivity contribution in [2.24, 2.45) is 0 Å². The Morgan fingerprint density at radius 2 is 2.29 bits per heavy atom. The van der Waals surface area contributed by atoms with Gasteiger partial charge in [0, 0.05) is 17.0 Å². The van der Waals surface area contributed by atoms with E-state index in [-0.39, 0.29) is 0 Å². The van der Waals surface area contributed by atoms with Crippen LogP contribution in [0.5, 0.6) is 0 Å². The zero-order valence-corrected chi connectivity index (χ0v) is 12.3. The Morgan fingerprint density at radius 1 is 1.47 bits per heavy atom. The Labute approximate surface area is 113 Å². The normalized spacial score (nSPS) is 18.6. The van der Waals surface area contributed by atoms with E-state index in [1.54, 1.807) is 11.3 Å². The molecule has 0 bridgehead atoms. The van der Waals surface area contributed by atoms with Crippen LogP contribution >= 0.6 is 23.1 Å². The Hall–Kier alpha value is 0.01000. The van der Waals surface area contributed by atoms with E-state index >= 15 is 0 Å².